The number of aliphatic hydroxyl groups is 2. The Hall–Kier alpha value is -0.120. The van der Waals surface area contributed by atoms with Crippen molar-refractivity contribution < 1.29 is 10.2 Å². The van der Waals surface area contributed by atoms with Crippen LogP contribution in [-0.4, -0.2) is 36.0 Å². The predicted molar refractivity (Wildman–Crippen MR) is 59.3 cm³/mol. The lowest BCUT2D eigenvalue weighted by Gasteiger charge is -2.17. The molecule has 86 valence electrons. The minimum atomic E-state index is -0.230. The van der Waals surface area contributed by atoms with Gasteiger partial charge in [0.1, 0.15) is 0 Å². The summed E-state index contributed by atoms with van der Waals surface area (Å²) in [6.07, 6.45) is 3.74. The van der Waals surface area contributed by atoms with Crippen LogP contribution in [0, 0.1) is 5.92 Å². The Kier molecular flexibility index (Phi) is 9.35. The van der Waals surface area contributed by atoms with E-state index in [0.29, 0.717) is 12.5 Å². The monoisotopic (exact) mass is 203 g/mol. The number of rotatable bonds is 9. The van der Waals surface area contributed by atoms with Crippen molar-refractivity contribution in [2.45, 2.75) is 45.6 Å². The molecule has 0 spiro atoms. The molecule has 0 heterocycles. The molecule has 3 N–H and O–H groups in total. The van der Waals surface area contributed by atoms with Gasteiger partial charge in [0, 0.05) is 13.2 Å². The van der Waals surface area contributed by atoms with Crippen molar-refractivity contribution >= 4 is 0 Å². The average Bonchev–Trinajstić information content (AvgIpc) is 2.18. The number of hydrogen-bond acceptors (Lipinski definition) is 3. The van der Waals surface area contributed by atoms with E-state index < -0.39 is 0 Å². The van der Waals surface area contributed by atoms with Crippen molar-refractivity contribution in [1.29, 1.82) is 0 Å². The third-order valence-corrected chi connectivity index (χ3v) is 2.52. The Morgan fingerprint density at radius 2 is 1.86 bits per heavy atom. The van der Waals surface area contributed by atoms with Crippen molar-refractivity contribution in [3.8, 4) is 0 Å². The molecule has 0 bridgehead atoms. The van der Waals surface area contributed by atoms with E-state index in [2.05, 4.69) is 12.2 Å². The maximum absolute atomic E-state index is 9.32. The molecule has 0 radical (unpaired) electrons. The van der Waals surface area contributed by atoms with Gasteiger partial charge in [-0.25, -0.2) is 0 Å². The van der Waals surface area contributed by atoms with Gasteiger partial charge >= 0.3 is 0 Å². The minimum Gasteiger partial charge on any atom is -0.396 e. The minimum absolute atomic E-state index is 0.230. The SMILES string of the molecule is CCCC(CCO)CNCC(O)CC. The Labute approximate surface area is 87.5 Å². The Balaban J connectivity index is 3.49. The zero-order valence-electron chi connectivity index (χ0n) is 9.50. The number of hydrogen-bond donors (Lipinski definition) is 3. The Bertz CT molecular complexity index is 114. The predicted octanol–water partition coefficient (Wildman–Crippen LogP) is 1.15. The van der Waals surface area contributed by atoms with Crippen LogP contribution in [0.1, 0.15) is 39.5 Å². The van der Waals surface area contributed by atoms with Gasteiger partial charge < -0.3 is 15.5 Å². The van der Waals surface area contributed by atoms with E-state index in [4.69, 9.17) is 5.11 Å². The smallest absolute Gasteiger partial charge is 0.0662 e. The highest BCUT2D eigenvalue weighted by atomic mass is 16.3. The summed E-state index contributed by atoms with van der Waals surface area (Å²) in [5, 5.41) is 21.4. The van der Waals surface area contributed by atoms with Crippen LogP contribution >= 0.6 is 0 Å². The largest absolute Gasteiger partial charge is 0.396 e. The molecule has 0 aromatic rings. The van der Waals surface area contributed by atoms with Gasteiger partial charge in [0.15, 0.2) is 0 Å². The zero-order valence-corrected chi connectivity index (χ0v) is 9.50. The summed E-state index contributed by atoms with van der Waals surface area (Å²) >= 11 is 0. The molecule has 14 heavy (non-hydrogen) atoms. The van der Waals surface area contributed by atoms with E-state index in [9.17, 15) is 5.11 Å². The molecule has 0 saturated heterocycles. The van der Waals surface area contributed by atoms with Gasteiger partial charge in [-0.1, -0.05) is 20.3 Å². The quantitative estimate of drug-likeness (QED) is 0.527. The van der Waals surface area contributed by atoms with Crippen LogP contribution in [-0.2, 0) is 0 Å². The van der Waals surface area contributed by atoms with Crippen molar-refractivity contribution in [2.75, 3.05) is 19.7 Å². The standard InChI is InChI=1S/C11H25NO2/c1-3-5-10(6-7-13)8-12-9-11(14)4-2/h10-14H,3-9H2,1-2H3. The summed E-state index contributed by atoms with van der Waals surface area (Å²) in [5.74, 6) is 0.550. The first kappa shape index (κ1) is 13.9. The fourth-order valence-electron chi connectivity index (χ4n) is 1.54. The van der Waals surface area contributed by atoms with Crippen LogP contribution in [0.3, 0.4) is 0 Å². The highest BCUT2D eigenvalue weighted by Crippen LogP contribution is 2.09. The Morgan fingerprint density at radius 1 is 1.14 bits per heavy atom. The maximum Gasteiger partial charge on any atom is 0.0662 e. The lowest BCUT2D eigenvalue weighted by molar-refractivity contribution is 0.163. The van der Waals surface area contributed by atoms with Crippen molar-refractivity contribution in [1.82, 2.24) is 5.32 Å². The molecule has 0 aliphatic heterocycles. The molecule has 0 aromatic carbocycles. The Morgan fingerprint density at radius 3 is 2.36 bits per heavy atom. The molecule has 0 amide bonds. The molecule has 3 heteroatoms. The molecule has 0 rings (SSSR count). The van der Waals surface area contributed by atoms with Crippen molar-refractivity contribution in [2.24, 2.45) is 5.92 Å². The van der Waals surface area contributed by atoms with Crippen molar-refractivity contribution in [3.05, 3.63) is 0 Å². The van der Waals surface area contributed by atoms with Crippen LogP contribution in [0.4, 0.5) is 0 Å². The fourth-order valence-corrected chi connectivity index (χ4v) is 1.54. The highest BCUT2D eigenvalue weighted by molar-refractivity contribution is 4.64. The van der Waals surface area contributed by atoms with Gasteiger partial charge in [-0.15, -0.1) is 0 Å². The van der Waals surface area contributed by atoms with E-state index in [1.807, 2.05) is 6.92 Å². The van der Waals surface area contributed by atoms with Gasteiger partial charge in [0.2, 0.25) is 0 Å². The van der Waals surface area contributed by atoms with Gasteiger partial charge in [-0.2, -0.15) is 0 Å². The molecule has 3 nitrogen and oxygen atoms in total. The topological polar surface area (TPSA) is 52.5 Å². The van der Waals surface area contributed by atoms with Crippen LogP contribution in [0.5, 0.6) is 0 Å². The maximum atomic E-state index is 9.32. The summed E-state index contributed by atoms with van der Waals surface area (Å²) in [6, 6.07) is 0. The van der Waals surface area contributed by atoms with E-state index >= 15 is 0 Å². The van der Waals surface area contributed by atoms with Crippen LogP contribution < -0.4 is 5.32 Å². The second-order valence-electron chi connectivity index (χ2n) is 3.89. The summed E-state index contributed by atoms with van der Waals surface area (Å²) < 4.78 is 0. The van der Waals surface area contributed by atoms with Gasteiger partial charge in [0.25, 0.3) is 0 Å². The first-order valence-electron chi connectivity index (χ1n) is 5.74. The van der Waals surface area contributed by atoms with E-state index in [0.717, 1.165) is 32.2 Å². The lowest BCUT2D eigenvalue weighted by atomic mass is 10.0. The van der Waals surface area contributed by atoms with E-state index in [1.54, 1.807) is 0 Å². The molecule has 0 aliphatic rings. The molecular weight excluding hydrogens is 178 g/mol. The van der Waals surface area contributed by atoms with Gasteiger partial charge in [-0.3, -0.25) is 0 Å². The van der Waals surface area contributed by atoms with Gasteiger partial charge in [0.05, 0.1) is 6.10 Å². The second-order valence-corrected chi connectivity index (χ2v) is 3.89. The highest BCUT2D eigenvalue weighted by Gasteiger charge is 2.07. The third-order valence-electron chi connectivity index (χ3n) is 2.52. The second kappa shape index (κ2) is 9.44. The lowest BCUT2D eigenvalue weighted by Crippen LogP contribution is -2.31. The third kappa shape index (κ3) is 7.30. The summed E-state index contributed by atoms with van der Waals surface area (Å²) in [6.45, 7) is 5.98. The molecule has 0 aliphatic carbocycles. The summed E-state index contributed by atoms with van der Waals surface area (Å²) in [4.78, 5) is 0. The average molecular weight is 203 g/mol. The van der Waals surface area contributed by atoms with Crippen LogP contribution in [0.15, 0.2) is 0 Å². The molecular formula is C11H25NO2. The molecule has 2 atom stereocenters. The zero-order chi connectivity index (χ0) is 10.8. The summed E-state index contributed by atoms with van der Waals surface area (Å²) in [7, 11) is 0. The first-order chi connectivity index (χ1) is 6.74. The molecule has 0 saturated carbocycles. The molecule has 2 unspecified atom stereocenters. The molecule has 0 aromatic heterocycles. The normalized spacial score (nSPS) is 15.4. The van der Waals surface area contributed by atoms with Crippen molar-refractivity contribution in [3.63, 3.8) is 0 Å². The summed E-state index contributed by atoms with van der Waals surface area (Å²) in [5.41, 5.74) is 0. The van der Waals surface area contributed by atoms with Crippen LogP contribution in [0.2, 0.25) is 0 Å². The number of aliphatic hydroxyl groups excluding tert-OH is 2. The van der Waals surface area contributed by atoms with Crippen LogP contribution in [0.25, 0.3) is 0 Å². The first-order valence-corrected chi connectivity index (χ1v) is 5.74. The number of nitrogens with one attached hydrogen (secondary N) is 1. The fraction of sp³-hybridized carbons (Fsp3) is 1.00. The van der Waals surface area contributed by atoms with E-state index in [1.165, 1.54) is 0 Å². The van der Waals surface area contributed by atoms with E-state index in [-0.39, 0.29) is 12.7 Å². The molecule has 0 fully saturated rings. The van der Waals surface area contributed by atoms with Gasteiger partial charge in [-0.05, 0) is 31.7 Å².